The van der Waals surface area contributed by atoms with Crippen LogP contribution in [0.25, 0.3) is 11.3 Å². The van der Waals surface area contributed by atoms with Gasteiger partial charge >= 0.3 is 0 Å². The fraction of sp³-hybridized carbons (Fsp3) is 0.353. The lowest BCUT2D eigenvalue weighted by Crippen LogP contribution is -2.40. The number of H-pyrrole nitrogens is 1. The Morgan fingerprint density at radius 1 is 1.31 bits per heavy atom. The second-order valence-corrected chi connectivity index (χ2v) is 7.07. The molecule has 1 aliphatic rings. The van der Waals surface area contributed by atoms with Crippen molar-refractivity contribution in [2.75, 3.05) is 17.6 Å². The number of aromatic nitrogens is 3. The van der Waals surface area contributed by atoms with Crippen LogP contribution in [0.3, 0.4) is 0 Å². The molecule has 2 aromatic rings. The SMILES string of the molecule is CCSc1nnc(-c2ccccc2NC(=O)C2CCC(=O)NC2)c(=O)[nH]1. The number of aromatic amines is 1. The van der Waals surface area contributed by atoms with Crippen LogP contribution in [0.2, 0.25) is 0 Å². The second-order valence-electron chi connectivity index (χ2n) is 5.82. The Labute approximate surface area is 154 Å². The quantitative estimate of drug-likeness (QED) is 0.682. The number of amides is 2. The molecule has 0 bridgehead atoms. The minimum atomic E-state index is -0.359. The number of piperidine rings is 1. The molecule has 136 valence electrons. The Kier molecular flexibility index (Phi) is 5.67. The third-order valence-corrected chi connectivity index (χ3v) is 4.78. The van der Waals surface area contributed by atoms with Gasteiger partial charge in [0.1, 0.15) is 0 Å². The molecule has 2 amide bonds. The Morgan fingerprint density at radius 2 is 2.12 bits per heavy atom. The van der Waals surface area contributed by atoms with Crippen LogP contribution in [-0.2, 0) is 9.59 Å². The van der Waals surface area contributed by atoms with Crippen LogP contribution < -0.4 is 16.2 Å². The van der Waals surface area contributed by atoms with Crippen LogP contribution in [0.5, 0.6) is 0 Å². The van der Waals surface area contributed by atoms with Crippen LogP contribution >= 0.6 is 11.8 Å². The van der Waals surface area contributed by atoms with Gasteiger partial charge in [-0.1, -0.05) is 36.9 Å². The highest BCUT2D eigenvalue weighted by Crippen LogP contribution is 2.25. The predicted molar refractivity (Wildman–Crippen MR) is 98.9 cm³/mol. The average Bonchev–Trinajstić information content (AvgIpc) is 2.63. The number of hydrogen-bond donors (Lipinski definition) is 3. The van der Waals surface area contributed by atoms with Gasteiger partial charge in [0.05, 0.1) is 11.6 Å². The van der Waals surface area contributed by atoms with Crippen molar-refractivity contribution in [2.45, 2.75) is 24.9 Å². The van der Waals surface area contributed by atoms with E-state index in [2.05, 4.69) is 25.8 Å². The summed E-state index contributed by atoms with van der Waals surface area (Å²) in [4.78, 5) is 38.8. The van der Waals surface area contributed by atoms with Crippen LogP contribution in [0.4, 0.5) is 5.69 Å². The van der Waals surface area contributed by atoms with Gasteiger partial charge in [0.15, 0.2) is 10.9 Å². The molecule has 1 saturated heterocycles. The second kappa shape index (κ2) is 8.13. The lowest BCUT2D eigenvalue weighted by molar-refractivity contribution is -0.126. The number of anilines is 1. The highest BCUT2D eigenvalue weighted by molar-refractivity contribution is 7.99. The van der Waals surface area contributed by atoms with Gasteiger partial charge in [-0.05, 0) is 18.2 Å². The molecule has 0 aliphatic carbocycles. The zero-order valence-electron chi connectivity index (χ0n) is 14.2. The summed E-state index contributed by atoms with van der Waals surface area (Å²) in [5.41, 5.74) is 0.786. The van der Waals surface area contributed by atoms with Gasteiger partial charge in [0.25, 0.3) is 5.56 Å². The van der Waals surface area contributed by atoms with Crippen LogP contribution in [-0.4, -0.2) is 39.3 Å². The maximum Gasteiger partial charge on any atom is 0.278 e. The maximum absolute atomic E-state index is 12.5. The van der Waals surface area contributed by atoms with Crippen molar-refractivity contribution in [3.8, 4) is 11.3 Å². The first-order chi connectivity index (χ1) is 12.6. The van der Waals surface area contributed by atoms with Gasteiger partial charge in [-0.2, -0.15) is 0 Å². The Morgan fingerprint density at radius 3 is 2.81 bits per heavy atom. The minimum absolute atomic E-state index is 0.0405. The van der Waals surface area contributed by atoms with E-state index in [-0.39, 0.29) is 29.0 Å². The molecule has 0 saturated carbocycles. The number of nitrogens with one attached hydrogen (secondary N) is 3. The molecule has 1 fully saturated rings. The van der Waals surface area contributed by atoms with Crippen molar-refractivity contribution in [3.05, 3.63) is 34.6 Å². The van der Waals surface area contributed by atoms with E-state index in [1.807, 2.05) is 6.92 Å². The molecule has 1 aromatic heterocycles. The average molecular weight is 373 g/mol. The zero-order chi connectivity index (χ0) is 18.5. The molecule has 0 spiro atoms. The molecule has 3 rings (SSSR count). The molecular formula is C17H19N5O3S. The van der Waals surface area contributed by atoms with Crippen molar-refractivity contribution in [1.29, 1.82) is 0 Å². The van der Waals surface area contributed by atoms with Crippen LogP contribution in [0, 0.1) is 5.92 Å². The number of rotatable bonds is 5. The molecule has 1 aromatic carbocycles. The third kappa shape index (κ3) is 4.10. The monoisotopic (exact) mass is 373 g/mol. The molecule has 3 N–H and O–H groups in total. The summed E-state index contributed by atoms with van der Waals surface area (Å²) in [5, 5.41) is 14.1. The van der Waals surface area contributed by atoms with Crippen molar-refractivity contribution in [2.24, 2.45) is 5.92 Å². The standard InChI is InChI=1S/C17H19N5O3S/c1-2-26-17-20-16(25)14(21-22-17)11-5-3-4-6-12(11)19-15(24)10-7-8-13(23)18-9-10/h3-6,10H,2,7-9H2,1H3,(H,18,23)(H,19,24)(H,20,22,25). The molecule has 9 heteroatoms. The fourth-order valence-corrected chi connectivity index (χ4v) is 3.23. The Bertz CT molecular complexity index is 873. The third-order valence-electron chi connectivity index (χ3n) is 4.03. The van der Waals surface area contributed by atoms with Crippen molar-refractivity contribution >= 4 is 29.3 Å². The van der Waals surface area contributed by atoms with E-state index >= 15 is 0 Å². The highest BCUT2D eigenvalue weighted by atomic mass is 32.2. The van der Waals surface area contributed by atoms with E-state index in [4.69, 9.17) is 0 Å². The van der Waals surface area contributed by atoms with E-state index in [1.54, 1.807) is 24.3 Å². The van der Waals surface area contributed by atoms with Gasteiger partial charge in [-0.25, -0.2) is 0 Å². The van der Waals surface area contributed by atoms with Gasteiger partial charge < -0.3 is 10.6 Å². The molecule has 1 unspecified atom stereocenters. The van der Waals surface area contributed by atoms with E-state index in [9.17, 15) is 14.4 Å². The number of carbonyl (C=O) groups excluding carboxylic acids is 2. The Balaban J connectivity index is 1.83. The van der Waals surface area contributed by atoms with Crippen molar-refractivity contribution in [1.82, 2.24) is 20.5 Å². The Hall–Kier alpha value is -2.68. The number of nitrogens with zero attached hydrogens (tertiary/aromatic N) is 2. The molecule has 1 aliphatic heterocycles. The first-order valence-corrected chi connectivity index (χ1v) is 9.33. The van der Waals surface area contributed by atoms with E-state index in [0.717, 1.165) is 5.75 Å². The summed E-state index contributed by atoms with van der Waals surface area (Å²) in [6, 6.07) is 6.96. The lowest BCUT2D eigenvalue weighted by atomic mass is 9.98. The number of para-hydroxylation sites is 1. The van der Waals surface area contributed by atoms with Gasteiger partial charge in [0.2, 0.25) is 11.8 Å². The van der Waals surface area contributed by atoms with Crippen LogP contribution in [0.15, 0.2) is 34.2 Å². The first-order valence-electron chi connectivity index (χ1n) is 8.35. The van der Waals surface area contributed by atoms with Crippen LogP contribution in [0.1, 0.15) is 19.8 Å². The zero-order valence-corrected chi connectivity index (χ0v) is 15.1. The van der Waals surface area contributed by atoms with E-state index in [1.165, 1.54) is 11.8 Å². The molecular weight excluding hydrogens is 354 g/mol. The first kappa shape index (κ1) is 18.1. The largest absolute Gasteiger partial charge is 0.355 e. The minimum Gasteiger partial charge on any atom is -0.355 e. The predicted octanol–water partition coefficient (Wildman–Crippen LogP) is 1.41. The summed E-state index contributed by atoms with van der Waals surface area (Å²) < 4.78 is 0. The van der Waals surface area contributed by atoms with Crippen molar-refractivity contribution in [3.63, 3.8) is 0 Å². The maximum atomic E-state index is 12.5. The van der Waals surface area contributed by atoms with Gasteiger partial charge in [0, 0.05) is 18.5 Å². The summed E-state index contributed by atoms with van der Waals surface area (Å²) in [7, 11) is 0. The fourth-order valence-electron chi connectivity index (χ4n) is 2.69. The summed E-state index contributed by atoms with van der Waals surface area (Å²) >= 11 is 1.39. The summed E-state index contributed by atoms with van der Waals surface area (Å²) in [5.74, 6) is 0.240. The molecule has 0 radical (unpaired) electrons. The number of hydrogen-bond acceptors (Lipinski definition) is 6. The smallest absolute Gasteiger partial charge is 0.278 e. The molecule has 2 heterocycles. The van der Waals surface area contributed by atoms with Crippen molar-refractivity contribution < 1.29 is 9.59 Å². The summed E-state index contributed by atoms with van der Waals surface area (Å²) in [6.07, 6.45) is 0.838. The number of thioether (sulfide) groups is 1. The number of benzene rings is 1. The lowest BCUT2D eigenvalue weighted by Gasteiger charge is -2.22. The highest BCUT2D eigenvalue weighted by Gasteiger charge is 2.25. The van der Waals surface area contributed by atoms with E-state index < -0.39 is 0 Å². The molecule has 26 heavy (non-hydrogen) atoms. The molecule has 1 atom stereocenters. The number of carbonyl (C=O) groups is 2. The normalized spacial score (nSPS) is 16.8. The van der Waals surface area contributed by atoms with E-state index in [0.29, 0.717) is 35.8 Å². The van der Waals surface area contributed by atoms with Gasteiger partial charge in [-0.15, -0.1) is 10.2 Å². The summed E-state index contributed by atoms with van der Waals surface area (Å²) in [6.45, 7) is 2.27. The molecule has 8 nitrogen and oxygen atoms in total. The topological polar surface area (TPSA) is 117 Å². The van der Waals surface area contributed by atoms with Gasteiger partial charge in [-0.3, -0.25) is 19.4 Å².